The van der Waals surface area contributed by atoms with E-state index in [4.69, 9.17) is 0 Å². The molecule has 0 atom stereocenters. The average molecular weight is 396 g/mol. The molecule has 0 radical (unpaired) electrons. The average Bonchev–Trinajstić information content (AvgIpc) is 2.99. The molecule has 1 amide bonds. The zero-order valence-corrected chi connectivity index (χ0v) is 17.2. The fourth-order valence-corrected chi connectivity index (χ4v) is 4.04. The van der Waals surface area contributed by atoms with Crippen LogP contribution in [0.4, 0.5) is 5.69 Å². The molecule has 9 heteroatoms. The van der Waals surface area contributed by atoms with Crippen molar-refractivity contribution < 1.29 is 13.2 Å². The minimum Gasteiger partial charge on any atom is -0.355 e. The third-order valence-corrected chi connectivity index (χ3v) is 5.09. The van der Waals surface area contributed by atoms with Crippen molar-refractivity contribution in [3.8, 4) is 0 Å². The molecule has 0 spiro atoms. The van der Waals surface area contributed by atoms with Gasteiger partial charge in [0.2, 0.25) is 15.9 Å². The highest BCUT2D eigenvalue weighted by atomic mass is 32.2. The van der Waals surface area contributed by atoms with Crippen molar-refractivity contribution >= 4 is 27.6 Å². The van der Waals surface area contributed by atoms with Crippen LogP contribution in [0.15, 0.2) is 29.3 Å². The van der Waals surface area contributed by atoms with E-state index in [1.54, 1.807) is 20.9 Å². The molecule has 27 heavy (non-hydrogen) atoms. The van der Waals surface area contributed by atoms with Crippen molar-refractivity contribution in [1.29, 1.82) is 0 Å². The summed E-state index contributed by atoms with van der Waals surface area (Å²) >= 11 is 0. The van der Waals surface area contributed by atoms with Gasteiger partial charge in [-0.25, -0.2) is 13.1 Å². The molecule has 1 heterocycles. The van der Waals surface area contributed by atoms with Crippen molar-refractivity contribution in [1.82, 2.24) is 15.4 Å². The second-order valence-corrected chi connectivity index (χ2v) is 9.10. The molecule has 1 aromatic rings. The van der Waals surface area contributed by atoms with Crippen LogP contribution in [0.2, 0.25) is 0 Å². The fourth-order valence-electron chi connectivity index (χ4n) is 2.96. The number of hydrogen-bond acceptors (Lipinski definition) is 4. The van der Waals surface area contributed by atoms with Gasteiger partial charge in [0, 0.05) is 44.3 Å². The Hall–Kier alpha value is -2.13. The van der Waals surface area contributed by atoms with E-state index in [9.17, 15) is 13.2 Å². The first-order chi connectivity index (χ1) is 12.6. The van der Waals surface area contributed by atoms with Gasteiger partial charge in [-0.15, -0.1) is 0 Å². The molecule has 1 saturated heterocycles. The Morgan fingerprint density at radius 3 is 2.41 bits per heavy atom. The lowest BCUT2D eigenvalue weighted by molar-refractivity contribution is -0.117. The van der Waals surface area contributed by atoms with E-state index in [0.717, 1.165) is 30.5 Å². The third kappa shape index (κ3) is 6.84. The first-order valence-corrected chi connectivity index (χ1v) is 10.8. The fraction of sp³-hybridized carbons (Fsp3) is 0.556. The number of carbonyl (C=O) groups excluding carboxylic acids is 1. The normalized spacial score (nSPS) is 15.9. The second kappa shape index (κ2) is 8.71. The highest BCUT2D eigenvalue weighted by Crippen LogP contribution is 2.21. The summed E-state index contributed by atoms with van der Waals surface area (Å²) in [6.07, 6.45) is 2.67. The molecular formula is C18H29N5O3S. The SMILES string of the molecule is CN=C(NCc1ccc(N2CCCC2=O)cc1)NCC(C)(C)NS(C)(=O)=O. The van der Waals surface area contributed by atoms with Crippen LogP contribution >= 0.6 is 0 Å². The summed E-state index contributed by atoms with van der Waals surface area (Å²) in [4.78, 5) is 17.8. The molecule has 0 aromatic heterocycles. The van der Waals surface area contributed by atoms with Gasteiger partial charge < -0.3 is 15.5 Å². The quantitative estimate of drug-likeness (QED) is 0.468. The summed E-state index contributed by atoms with van der Waals surface area (Å²) < 4.78 is 25.4. The van der Waals surface area contributed by atoms with E-state index in [1.807, 2.05) is 29.2 Å². The summed E-state index contributed by atoms with van der Waals surface area (Å²) in [6, 6.07) is 7.87. The number of aliphatic imine (C=N–C) groups is 1. The van der Waals surface area contributed by atoms with Gasteiger partial charge in [-0.1, -0.05) is 12.1 Å². The molecule has 0 saturated carbocycles. The molecule has 0 bridgehead atoms. The van der Waals surface area contributed by atoms with E-state index in [-0.39, 0.29) is 5.91 Å². The van der Waals surface area contributed by atoms with Crippen LogP contribution in [0, 0.1) is 0 Å². The van der Waals surface area contributed by atoms with Crippen LogP contribution < -0.4 is 20.3 Å². The minimum absolute atomic E-state index is 0.177. The minimum atomic E-state index is -3.29. The highest BCUT2D eigenvalue weighted by Gasteiger charge is 2.23. The highest BCUT2D eigenvalue weighted by molar-refractivity contribution is 7.88. The van der Waals surface area contributed by atoms with E-state index in [1.165, 1.54) is 0 Å². The largest absolute Gasteiger partial charge is 0.355 e. The summed E-state index contributed by atoms with van der Waals surface area (Å²) in [7, 11) is -1.62. The number of guanidine groups is 1. The summed E-state index contributed by atoms with van der Waals surface area (Å²) in [6.45, 7) is 5.33. The summed E-state index contributed by atoms with van der Waals surface area (Å²) in [5, 5.41) is 6.32. The Bertz CT molecular complexity index is 788. The second-order valence-electron chi connectivity index (χ2n) is 7.35. The first-order valence-electron chi connectivity index (χ1n) is 8.92. The molecule has 1 fully saturated rings. The maximum atomic E-state index is 11.8. The van der Waals surface area contributed by atoms with Crippen LogP contribution in [-0.4, -0.2) is 52.2 Å². The number of anilines is 1. The molecule has 0 aliphatic carbocycles. The maximum Gasteiger partial charge on any atom is 0.227 e. The summed E-state index contributed by atoms with van der Waals surface area (Å²) in [5.74, 6) is 0.757. The molecule has 2 rings (SSSR count). The molecule has 1 aliphatic heterocycles. The van der Waals surface area contributed by atoms with Crippen molar-refractivity contribution in [2.24, 2.45) is 4.99 Å². The molecule has 0 unspecified atom stereocenters. The van der Waals surface area contributed by atoms with Crippen molar-refractivity contribution in [3.05, 3.63) is 29.8 Å². The van der Waals surface area contributed by atoms with Crippen LogP contribution in [0.5, 0.6) is 0 Å². The Labute approximate surface area is 161 Å². The predicted octanol–water partition coefficient (Wildman–Crippen LogP) is 0.806. The number of nitrogens with one attached hydrogen (secondary N) is 3. The Kier molecular flexibility index (Phi) is 6.83. The molecule has 8 nitrogen and oxygen atoms in total. The maximum absolute atomic E-state index is 11.8. The van der Waals surface area contributed by atoms with Crippen molar-refractivity contribution in [3.63, 3.8) is 0 Å². The number of rotatable bonds is 7. The number of nitrogens with zero attached hydrogens (tertiary/aromatic N) is 2. The number of sulfonamides is 1. The van der Waals surface area contributed by atoms with Gasteiger partial charge in [-0.3, -0.25) is 9.79 Å². The molecule has 1 aromatic carbocycles. The zero-order chi connectivity index (χ0) is 20.1. The Morgan fingerprint density at radius 1 is 1.22 bits per heavy atom. The lowest BCUT2D eigenvalue weighted by Crippen LogP contribution is -2.52. The Morgan fingerprint density at radius 2 is 1.89 bits per heavy atom. The van der Waals surface area contributed by atoms with Gasteiger partial charge in [0.25, 0.3) is 0 Å². The molecular weight excluding hydrogens is 366 g/mol. The number of benzene rings is 1. The van der Waals surface area contributed by atoms with Crippen molar-refractivity contribution in [2.45, 2.75) is 38.8 Å². The van der Waals surface area contributed by atoms with E-state index in [2.05, 4.69) is 20.3 Å². The van der Waals surface area contributed by atoms with Gasteiger partial charge in [-0.2, -0.15) is 0 Å². The van der Waals surface area contributed by atoms with Gasteiger partial charge in [0.15, 0.2) is 5.96 Å². The first kappa shape index (κ1) is 21.2. The van der Waals surface area contributed by atoms with Crippen molar-refractivity contribution in [2.75, 3.05) is 31.3 Å². The van der Waals surface area contributed by atoms with Gasteiger partial charge in [-0.05, 0) is 38.0 Å². The van der Waals surface area contributed by atoms with E-state index in [0.29, 0.717) is 25.5 Å². The van der Waals surface area contributed by atoms with Crippen LogP contribution in [-0.2, 0) is 21.4 Å². The van der Waals surface area contributed by atoms with Crippen LogP contribution in [0.1, 0.15) is 32.3 Å². The summed E-state index contributed by atoms with van der Waals surface area (Å²) in [5.41, 5.74) is 1.34. The van der Waals surface area contributed by atoms with E-state index < -0.39 is 15.6 Å². The van der Waals surface area contributed by atoms with Gasteiger partial charge >= 0.3 is 0 Å². The van der Waals surface area contributed by atoms with Crippen LogP contribution in [0.3, 0.4) is 0 Å². The Balaban J connectivity index is 1.86. The monoisotopic (exact) mass is 395 g/mol. The predicted molar refractivity (Wildman–Crippen MR) is 108 cm³/mol. The number of carbonyl (C=O) groups is 1. The third-order valence-electron chi connectivity index (χ3n) is 4.16. The van der Waals surface area contributed by atoms with E-state index >= 15 is 0 Å². The molecule has 150 valence electrons. The standard InChI is InChI=1S/C18H29N5O3S/c1-18(2,22-27(4,25)26)13-21-17(19-3)20-12-14-7-9-15(10-8-14)23-11-5-6-16(23)24/h7-10,22H,5-6,11-13H2,1-4H3,(H2,19,20,21). The van der Waals surface area contributed by atoms with Gasteiger partial charge in [0.05, 0.1) is 6.26 Å². The topological polar surface area (TPSA) is 103 Å². The zero-order valence-electron chi connectivity index (χ0n) is 16.4. The molecule has 3 N–H and O–H groups in total. The number of amides is 1. The molecule has 1 aliphatic rings. The lowest BCUT2D eigenvalue weighted by atomic mass is 10.1. The lowest BCUT2D eigenvalue weighted by Gasteiger charge is -2.26. The van der Waals surface area contributed by atoms with Crippen LogP contribution in [0.25, 0.3) is 0 Å². The smallest absolute Gasteiger partial charge is 0.227 e. The van der Waals surface area contributed by atoms with Gasteiger partial charge in [0.1, 0.15) is 0 Å². The number of hydrogen-bond donors (Lipinski definition) is 3.